The van der Waals surface area contributed by atoms with Crippen LogP contribution in [0.1, 0.15) is 9.67 Å². The van der Waals surface area contributed by atoms with E-state index in [4.69, 9.17) is 5.73 Å². The van der Waals surface area contributed by atoms with Crippen LogP contribution in [0.3, 0.4) is 0 Å². The van der Waals surface area contributed by atoms with E-state index in [1.165, 1.54) is 11.3 Å². The molecule has 0 fully saturated rings. The number of anilines is 2. The quantitative estimate of drug-likeness (QED) is 0.704. The number of nitrogens with one attached hydrogen (secondary N) is 1. The Morgan fingerprint density at radius 1 is 1.37 bits per heavy atom. The van der Waals surface area contributed by atoms with E-state index in [-0.39, 0.29) is 5.91 Å². The topological polar surface area (TPSA) is 72.9 Å². The van der Waals surface area contributed by atoms with Crippen molar-refractivity contribution in [2.45, 2.75) is 0 Å². The van der Waals surface area contributed by atoms with Crippen molar-refractivity contribution in [1.29, 1.82) is 0 Å². The van der Waals surface area contributed by atoms with Crippen molar-refractivity contribution in [2.24, 2.45) is 7.05 Å². The molecule has 0 radical (unpaired) electrons. The van der Waals surface area contributed by atoms with Crippen LogP contribution in [-0.4, -0.2) is 15.7 Å². The van der Waals surface area contributed by atoms with Gasteiger partial charge in [-0.1, -0.05) is 0 Å². The number of nitrogens with two attached hydrogens (primary N) is 1. The summed E-state index contributed by atoms with van der Waals surface area (Å²) in [6.45, 7) is 0. The Balaban J connectivity index is 1.91. The fourth-order valence-electron chi connectivity index (χ4n) is 1.85. The van der Waals surface area contributed by atoms with E-state index in [0.29, 0.717) is 16.4 Å². The van der Waals surface area contributed by atoms with Gasteiger partial charge in [0.25, 0.3) is 5.91 Å². The van der Waals surface area contributed by atoms with E-state index in [1.54, 1.807) is 24.0 Å². The number of thiophene rings is 1. The van der Waals surface area contributed by atoms with Crippen LogP contribution < -0.4 is 11.1 Å². The molecule has 1 amide bonds. The third kappa shape index (κ3) is 2.17. The number of fused-ring (bicyclic) bond motifs is 1. The fourth-order valence-corrected chi connectivity index (χ4v) is 2.79. The minimum atomic E-state index is -0.136. The molecule has 0 aliphatic heterocycles. The standard InChI is InChI=1S/C13H12N4OS/c1-17-12(4-5-15-17)16-13(18)11-7-8-6-9(14)2-3-10(8)19-11/h2-7H,14H2,1H3,(H,16,18). The maximum absolute atomic E-state index is 12.1. The van der Waals surface area contributed by atoms with Gasteiger partial charge in [-0.25, -0.2) is 0 Å². The van der Waals surface area contributed by atoms with Crippen LogP contribution in [-0.2, 0) is 7.05 Å². The first-order chi connectivity index (χ1) is 9.13. The summed E-state index contributed by atoms with van der Waals surface area (Å²) in [6, 6.07) is 9.23. The molecule has 0 aliphatic rings. The highest BCUT2D eigenvalue weighted by molar-refractivity contribution is 7.20. The number of amides is 1. The van der Waals surface area contributed by atoms with Crippen LogP contribution in [0.5, 0.6) is 0 Å². The lowest BCUT2D eigenvalue weighted by atomic mass is 10.2. The highest BCUT2D eigenvalue weighted by Gasteiger charge is 2.12. The van der Waals surface area contributed by atoms with Gasteiger partial charge in [0.2, 0.25) is 0 Å². The molecular weight excluding hydrogens is 260 g/mol. The minimum absolute atomic E-state index is 0.136. The predicted octanol–water partition coefficient (Wildman–Crippen LogP) is 2.47. The van der Waals surface area contributed by atoms with Crippen molar-refractivity contribution in [3.63, 3.8) is 0 Å². The summed E-state index contributed by atoms with van der Waals surface area (Å²) < 4.78 is 2.66. The van der Waals surface area contributed by atoms with Gasteiger partial charge < -0.3 is 11.1 Å². The maximum atomic E-state index is 12.1. The molecule has 0 saturated heterocycles. The Morgan fingerprint density at radius 2 is 2.21 bits per heavy atom. The summed E-state index contributed by atoms with van der Waals surface area (Å²) in [4.78, 5) is 12.8. The Hall–Kier alpha value is -2.34. The molecule has 96 valence electrons. The molecule has 0 bridgehead atoms. The second-order valence-corrected chi connectivity index (χ2v) is 5.29. The zero-order chi connectivity index (χ0) is 13.4. The van der Waals surface area contributed by atoms with Crippen molar-refractivity contribution in [1.82, 2.24) is 9.78 Å². The normalized spacial score (nSPS) is 10.8. The summed E-state index contributed by atoms with van der Waals surface area (Å²) >= 11 is 1.44. The number of nitrogens with zero attached hydrogens (tertiary/aromatic N) is 2. The summed E-state index contributed by atoms with van der Waals surface area (Å²) in [5.41, 5.74) is 6.43. The minimum Gasteiger partial charge on any atom is -0.399 e. The monoisotopic (exact) mass is 272 g/mol. The first-order valence-electron chi connectivity index (χ1n) is 5.72. The van der Waals surface area contributed by atoms with E-state index in [1.807, 2.05) is 24.3 Å². The largest absolute Gasteiger partial charge is 0.399 e. The smallest absolute Gasteiger partial charge is 0.266 e. The van der Waals surface area contributed by atoms with Gasteiger partial charge in [-0.05, 0) is 29.7 Å². The Morgan fingerprint density at radius 3 is 2.95 bits per heavy atom. The first kappa shape index (κ1) is 11.7. The number of carbonyl (C=O) groups excluding carboxylic acids is 1. The molecule has 0 aliphatic carbocycles. The van der Waals surface area contributed by atoms with Gasteiger partial charge in [-0.2, -0.15) is 5.10 Å². The van der Waals surface area contributed by atoms with Crippen molar-refractivity contribution in [3.05, 3.63) is 41.4 Å². The van der Waals surface area contributed by atoms with Gasteiger partial charge in [0.15, 0.2) is 0 Å². The molecule has 0 spiro atoms. The second-order valence-electron chi connectivity index (χ2n) is 4.20. The van der Waals surface area contributed by atoms with Gasteiger partial charge in [-0.3, -0.25) is 9.48 Å². The summed E-state index contributed by atoms with van der Waals surface area (Å²) in [5.74, 6) is 0.533. The lowest BCUT2D eigenvalue weighted by molar-refractivity contribution is 0.102. The second kappa shape index (κ2) is 4.40. The number of aromatic nitrogens is 2. The average Bonchev–Trinajstić information content (AvgIpc) is 2.96. The van der Waals surface area contributed by atoms with Crippen LogP contribution in [0.25, 0.3) is 10.1 Å². The molecule has 3 aromatic rings. The third-order valence-electron chi connectivity index (χ3n) is 2.83. The fraction of sp³-hybridized carbons (Fsp3) is 0.0769. The SMILES string of the molecule is Cn1nccc1NC(=O)c1cc2cc(N)ccc2s1. The average molecular weight is 272 g/mol. The van der Waals surface area contributed by atoms with Crippen LogP contribution >= 0.6 is 11.3 Å². The van der Waals surface area contributed by atoms with Gasteiger partial charge >= 0.3 is 0 Å². The number of benzene rings is 1. The molecule has 0 saturated carbocycles. The summed E-state index contributed by atoms with van der Waals surface area (Å²) in [5, 5.41) is 7.82. The van der Waals surface area contributed by atoms with E-state index < -0.39 is 0 Å². The lowest BCUT2D eigenvalue weighted by Crippen LogP contribution is -2.13. The molecule has 5 nitrogen and oxygen atoms in total. The number of aryl methyl sites for hydroxylation is 1. The molecule has 1 aromatic carbocycles. The van der Waals surface area contributed by atoms with Crippen molar-refractivity contribution >= 4 is 38.8 Å². The molecule has 2 aromatic heterocycles. The van der Waals surface area contributed by atoms with Gasteiger partial charge in [-0.15, -0.1) is 11.3 Å². The molecule has 19 heavy (non-hydrogen) atoms. The Bertz CT molecular complexity index is 759. The van der Waals surface area contributed by atoms with E-state index in [9.17, 15) is 4.79 Å². The van der Waals surface area contributed by atoms with Crippen LogP contribution in [0, 0.1) is 0 Å². The number of hydrogen-bond acceptors (Lipinski definition) is 4. The maximum Gasteiger partial charge on any atom is 0.266 e. The molecule has 2 heterocycles. The van der Waals surface area contributed by atoms with Crippen molar-refractivity contribution in [3.8, 4) is 0 Å². The van der Waals surface area contributed by atoms with E-state index >= 15 is 0 Å². The molecule has 0 atom stereocenters. The summed E-state index contributed by atoms with van der Waals surface area (Å²) in [6.07, 6.45) is 1.64. The summed E-state index contributed by atoms with van der Waals surface area (Å²) in [7, 11) is 1.78. The Kier molecular flexibility index (Phi) is 2.72. The molecule has 0 unspecified atom stereocenters. The van der Waals surface area contributed by atoms with Crippen molar-refractivity contribution < 1.29 is 4.79 Å². The van der Waals surface area contributed by atoms with Gasteiger partial charge in [0.05, 0.1) is 11.1 Å². The number of hydrogen-bond donors (Lipinski definition) is 2. The van der Waals surface area contributed by atoms with Crippen molar-refractivity contribution in [2.75, 3.05) is 11.1 Å². The number of rotatable bonds is 2. The zero-order valence-corrected chi connectivity index (χ0v) is 11.1. The molecule has 3 rings (SSSR count). The highest BCUT2D eigenvalue weighted by atomic mass is 32.1. The molecule has 3 N–H and O–H groups in total. The van der Waals surface area contributed by atoms with Gasteiger partial charge in [0, 0.05) is 23.5 Å². The van der Waals surface area contributed by atoms with Gasteiger partial charge in [0.1, 0.15) is 5.82 Å². The predicted molar refractivity (Wildman–Crippen MR) is 77.4 cm³/mol. The molecular formula is C13H12N4OS. The number of carbonyl (C=O) groups is 1. The Labute approximate surface area is 113 Å². The molecule has 6 heteroatoms. The highest BCUT2D eigenvalue weighted by Crippen LogP contribution is 2.27. The number of nitrogen functional groups attached to an aromatic ring is 1. The lowest BCUT2D eigenvalue weighted by Gasteiger charge is -2.02. The van der Waals surface area contributed by atoms with E-state index in [0.717, 1.165) is 10.1 Å². The van der Waals surface area contributed by atoms with Crippen LogP contribution in [0.2, 0.25) is 0 Å². The van der Waals surface area contributed by atoms with Crippen LogP contribution in [0.4, 0.5) is 11.5 Å². The van der Waals surface area contributed by atoms with E-state index in [2.05, 4.69) is 10.4 Å². The zero-order valence-electron chi connectivity index (χ0n) is 10.3. The van der Waals surface area contributed by atoms with Crippen LogP contribution in [0.15, 0.2) is 36.5 Å². The first-order valence-corrected chi connectivity index (χ1v) is 6.53. The third-order valence-corrected chi connectivity index (χ3v) is 3.94.